The average molecular weight is 1000 g/mol. The van der Waals surface area contributed by atoms with Gasteiger partial charge in [-0.25, -0.2) is 14.0 Å². The standard InChI is InChI=1S/C53H60FNO15S/c1-8-38(57)68-43(41(31-16-12-10-13-17-31)55-47(60)32-18-14-11-15-19-32)49(62)66-35-27-53(63)46(69-48(61)33-20-22-34(54)23-21-33)44-51(7,45(59)42(64-9-2)40(29(35)3)50(53,5)6)36(67-39(58)24-25-71)26-37-52(44,28-65-37)70-30(4)56/h10-23,35-37,41-44,46,63,71H,8-9,24-28H2,1-7H3,(H,55,60)/t35-,36-,37+,41-,42+,43+,44?,46-,51+,52-,53+/m0/s1. The van der Waals surface area contributed by atoms with Crippen LogP contribution in [0.5, 0.6) is 0 Å². The van der Waals surface area contributed by atoms with Crippen LogP contribution >= 0.6 is 12.6 Å². The highest BCUT2D eigenvalue weighted by atomic mass is 32.1. The van der Waals surface area contributed by atoms with Crippen molar-refractivity contribution in [3.05, 3.63) is 119 Å². The molecule has 0 aromatic heterocycles. The van der Waals surface area contributed by atoms with Crippen LogP contribution in [-0.2, 0) is 57.1 Å². The number of nitrogens with one attached hydrogen (secondary N) is 1. The minimum atomic E-state index is -2.44. The van der Waals surface area contributed by atoms with Gasteiger partial charge in [-0.2, -0.15) is 12.6 Å². The van der Waals surface area contributed by atoms with Gasteiger partial charge >= 0.3 is 29.8 Å². The number of halogens is 1. The van der Waals surface area contributed by atoms with Gasteiger partial charge in [0, 0.05) is 49.5 Å². The number of esters is 5. The number of carbonyl (C=O) groups excluding carboxylic acids is 7. The Morgan fingerprint density at radius 2 is 1.54 bits per heavy atom. The Bertz CT molecular complexity index is 2560. The Hall–Kier alpha value is -5.95. The second kappa shape index (κ2) is 21.0. The van der Waals surface area contributed by atoms with Crippen molar-refractivity contribution in [1.29, 1.82) is 0 Å². The first-order chi connectivity index (χ1) is 33.7. The molecule has 1 amide bonds. The number of fused-ring (bicyclic) bond motifs is 5. The Balaban J connectivity index is 1.44. The predicted octanol–water partition coefficient (Wildman–Crippen LogP) is 6.18. The first-order valence-corrected chi connectivity index (χ1v) is 24.3. The zero-order valence-corrected chi connectivity index (χ0v) is 41.5. The fourth-order valence-electron chi connectivity index (χ4n) is 11.0. The van der Waals surface area contributed by atoms with Gasteiger partial charge < -0.3 is 43.6 Å². The number of amides is 1. The van der Waals surface area contributed by atoms with E-state index in [1.165, 1.54) is 26.0 Å². The maximum absolute atomic E-state index is 16.1. The third-order valence-electron chi connectivity index (χ3n) is 14.7. The largest absolute Gasteiger partial charge is 0.461 e. The monoisotopic (exact) mass is 1000 g/mol. The number of aliphatic hydroxyl groups is 1. The number of hydrogen-bond acceptors (Lipinski definition) is 16. The van der Waals surface area contributed by atoms with E-state index in [0.29, 0.717) is 5.56 Å². The van der Waals surface area contributed by atoms with Crippen LogP contribution in [0.25, 0.3) is 0 Å². The van der Waals surface area contributed by atoms with E-state index in [9.17, 15) is 33.5 Å². The molecule has 2 bridgehead atoms. The molecule has 3 aromatic rings. The van der Waals surface area contributed by atoms with Gasteiger partial charge in [0.15, 0.2) is 11.4 Å². The number of benzene rings is 3. The number of ketones is 1. The minimum Gasteiger partial charge on any atom is -0.461 e. The Morgan fingerprint density at radius 1 is 0.887 bits per heavy atom. The number of carbonyl (C=O) groups is 7. The van der Waals surface area contributed by atoms with Crippen LogP contribution < -0.4 is 5.32 Å². The highest BCUT2D eigenvalue weighted by Gasteiger charge is 2.79. The van der Waals surface area contributed by atoms with Gasteiger partial charge in [-0.3, -0.25) is 24.0 Å². The Kier molecular flexibility index (Phi) is 15.7. The molecule has 3 fully saturated rings. The molecule has 2 saturated carbocycles. The zero-order chi connectivity index (χ0) is 51.6. The molecule has 11 atom stereocenters. The molecule has 0 radical (unpaired) electrons. The van der Waals surface area contributed by atoms with E-state index in [2.05, 4.69) is 17.9 Å². The van der Waals surface area contributed by atoms with Gasteiger partial charge in [0.2, 0.25) is 6.10 Å². The molecule has 18 heteroatoms. The van der Waals surface area contributed by atoms with Gasteiger partial charge in [0.25, 0.3) is 5.91 Å². The van der Waals surface area contributed by atoms with Gasteiger partial charge in [0.1, 0.15) is 48.0 Å². The Morgan fingerprint density at radius 3 is 2.11 bits per heavy atom. The lowest BCUT2D eigenvalue weighted by Crippen LogP contribution is -2.82. The van der Waals surface area contributed by atoms with E-state index >= 15 is 9.59 Å². The van der Waals surface area contributed by atoms with Crippen LogP contribution in [0.4, 0.5) is 4.39 Å². The van der Waals surface area contributed by atoms with Crippen molar-refractivity contribution in [1.82, 2.24) is 5.32 Å². The van der Waals surface area contributed by atoms with Crippen molar-refractivity contribution in [3.63, 3.8) is 0 Å². The molecule has 16 nitrogen and oxygen atoms in total. The van der Waals surface area contributed by atoms with Gasteiger partial charge in [0.05, 0.1) is 29.9 Å². The quantitative estimate of drug-likeness (QED) is 0.0632. The van der Waals surface area contributed by atoms with Crippen LogP contribution in [0, 0.1) is 22.6 Å². The first kappa shape index (κ1) is 52.9. The molecule has 2 N–H and O–H groups in total. The summed E-state index contributed by atoms with van der Waals surface area (Å²) in [5.74, 6) is -8.02. The molecule has 4 aliphatic rings. The molecule has 0 spiro atoms. The molecular formula is C53H60FNO15S. The van der Waals surface area contributed by atoms with Crippen molar-refractivity contribution < 1.29 is 76.2 Å². The fourth-order valence-corrected chi connectivity index (χ4v) is 11.2. The van der Waals surface area contributed by atoms with Crippen molar-refractivity contribution in [2.75, 3.05) is 19.0 Å². The summed E-state index contributed by atoms with van der Waals surface area (Å²) in [5.41, 5.74) is -7.08. The molecule has 380 valence electrons. The van der Waals surface area contributed by atoms with Gasteiger partial charge in [-0.05, 0) is 73.9 Å². The summed E-state index contributed by atoms with van der Waals surface area (Å²) in [5, 5.41) is 16.9. The number of Topliss-reactive ketones (excluding diaryl/α,β-unsaturated/α-hetero) is 1. The molecule has 1 heterocycles. The van der Waals surface area contributed by atoms with E-state index in [0.717, 1.165) is 19.1 Å². The molecule has 7 rings (SSSR count). The molecular weight excluding hydrogens is 942 g/mol. The maximum Gasteiger partial charge on any atom is 0.350 e. The number of thiol groups is 1. The fraction of sp³-hybridized carbons (Fsp3) is 0.491. The topological polar surface area (TPSA) is 216 Å². The molecule has 3 aliphatic carbocycles. The van der Waals surface area contributed by atoms with Crippen molar-refractivity contribution >= 4 is 54.2 Å². The highest BCUT2D eigenvalue weighted by Crippen LogP contribution is 2.65. The molecule has 1 aliphatic heterocycles. The molecule has 71 heavy (non-hydrogen) atoms. The maximum atomic E-state index is 16.1. The highest BCUT2D eigenvalue weighted by molar-refractivity contribution is 7.80. The lowest BCUT2D eigenvalue weighted by atomic mass is 9.44. The second-order valence-electron chi connectivity index (χ2n) is 19.1. The van der Waals surface area contributed by atoms with Crippen LogP contribution in [0.1, 0.15) is 106 Å². The Labute approximate surface area is 416 Å². The number of hydrogen-bond donors (Lipinski definition) is 3. The third kappa shape index (κ3) is 9.75. The summed E-state index contributed by atoms with van der Waals surface area (Å²) in [7, 11) is 0. The summed E-state index contributed by atoms with van der Waals surface area (Å²) in [6.07, 6.45) is -10.3. The van der Waals surface area contributed by atoms with Gasteiger partial charge in [-0.1, -0.05) is 69.3 Å². The van der Waals surface area contributed by atoms with Crippen molar-refractivity contribution in [2.24, 2.45) is 16.7 Å². The van der Waals surface area contributed by atoms with Crippen molar-refractivity contribution in [3.8, 4) is 0 Å². The van der Waals surface area contributed by atoms with Gasteiger partial charge in [-0.15, -0.1) is 0 Å². The summed E-state index contributed by atoms with van der Waals surface area (Å²) in [6, 6.07) is 19.6. The normalized spacial score (nSPS) is 29.2. The molecule has 1 unspecified atom stereocenters. The van der Waals surface area contributed by atoms with Crippen molar-refractivity contribution in [2.45, 2.75) is 128 Å². The van der Waals surface area contributed by atoms with E-state index < -0.39 is 124 Å². The third-order valence-corrected chi connectivity index (χ3v) is 14.9. The number of ether oxygens (including phenoxy) is 7. The van der Waals surface area contributed by atoms with E-state index in [1.54, 1.807) is 88.4 Å². The van der Waals surface area contributed by atoms with E-state index in [1.807, 2.05) is 0 Å². The lowest BCUT2D eigenvalue weighted by molar-refractivity contribution is -0.346. The zero-order valence-electron chi connectivity index (χ0n) is 40.6. The first-order valence-electron chi connectivity index (χ1n) is 23.7. The second-order valence-corrected chi connectivity index (χ2v) is 19.5. The van der Waals surface area contributed by atoms with Crippen LogP contribution in [0.15, 0.2) is 96.1 Å². The summed E-state index contributed by atoms with van der Waals surface area (Å²) < 4.78 is 57.9. The smallest absolute Gasteiger partial charge is 0.350 e. The summed E-state index contributed by atoms with van der Waals surface area (Å²) in [4.78, 5) is 99.7. The summed E-state index contributed by atoms with van der Waals surface area (Å²) >= 11 is 4.21. The van der Waals surface area contributed by atoms with Crippen LogP contribution in [0.3, 0.4) is 0 Å². The molecule has 1 saturated heterocycles. The van der Waals surface area contributed by atoms with E-state index in [4.69, 9.17) is 33.2 Å². The predicted molar refractivity (Wildman–Crippen MR) is 254 cm³/mol. The van der Waals surface area contributed by atoms with Crippen LogP contribution in [0.2, 0.25) is 0 Å². The average Bonchev–Trinajstić information content (AvgIpc) is 3.33. The number of rotatable bonds is 16. The van der Waals surface area contributed by atoms with E-state index in [-0.39, 0.29) is 60.5 Å². The summed E-state index contributed by atoms with van der Waals surface area (Å²) in [6.45, 7) is 10.2. The molecule has 3 aromatic carbocycles. The SMILES string of the molecule is CCO[C@H]1C(=O)[C@@]2(C)C([C@H](OC(=O)c3ccc(F)cc3)[C@]3(O)C[C@H](OC(=O)[C@H](OC(=O)CC)[C@@H](NC(=O)c4ccccc4)c4ccccc4)C(C)=C1C3(C)C)[C@]1(OC(C)=O)CO[C@@H]1C[C@@H]2OC(=O)CCS. The lowest BCUT2D eigenvalue weighted by Gasteiger charge is -2.67. The minimum absolute atomic E-state index is 0.0737. The van der Waals surface area contributed by atoms with Crippen LogP contribution in [-0.4, -0.2) is 113 Å².